The Bertz CT molecular complexity index is 979. The van der Waals surface area contributed by atoms with Crippen LogP contribution < -0.4 is 5.32 Å². The van der Waals surface area contributed by atoms with Gasteiger partial charge in [-0.3, -0.25) is 0 Å². The second kappa shape index (κ2) is 8.59. The van der Waals surface area contributed by atoms with Crippen molar-refractivity contribution in [2.45, 2.75) is 33.5 Å². The Kier molecular flexibility index (Phi) is 6.17. The third-order valence-corrected chi connectivity index (χ3v) is 5.17. The zero-order valence-corrected chi connectivity index (χ0v) is 16.6. The lowest BCUT2D eigenvalue weighted by atomic mass is 10.1. The number of rotatable bonds is 7. The van der Waals surface area contributed by atoms with Crippen LogP contribution in [0.25, 0.3) is 0 Å². The lowest BCUT2D eigenvalue weighted by Crippen LogP contribution is -2.15. The summed E-state index contributed by atoms with van der Waals surface area (Å²) in [5, 5.41) is 13.7. The summed E-state index contributed by atoms with van der Waals surface area (Å²) in [5.41, 5.74) is 4.72. The van der Waals surface area contributed by atoms with E-state index in [0.717, 1.165) is 28.1 Å². The molecule has 3 aromatic rings. The normalized spacial score (nSPS) is 11.0. The monoisotopic (exact) mass is 400 g/mol. The van der Waals surface area contributed by atoms with E-state index in [0.29, 0.717) is 30.2 Å². The summed E-state index contributed by atoms with van der Waals surface area (Å²) in [6, 6.07) is 13.8. The molecular formula is C22H22ClFN2O2. The Balaban J connectivity index is 1.82. The molecule has 3 rings (SSSR count). The molecule has 2 aromatic carbocycles. The van der Waals surface area contributed by atoms with Gasteiger partial charge in [0.2, 0.25) is 0 Å². The SMILES string of the molecule is Cc1c(CNCc2ccc(F)cc2)c(C(=O)O)c(C)n1Cc1ccc(Cl)cc1. The first-order chi connectivity index (χ1) is 13.4. The fraction of sp³-hybridized carbons (Fsp3) is 0.227. The average molecular weight is 401 g/mol. The summed E-state index contributed by atoms with van der Waals surface area (Å²) in [7, 11) is 0. The van der Waals surface area contributed by atoms with Crippen molar-refractivity contribution in [1.29, 1.82) is 0 Å². The van der Waals surface area contributed by atoms with E-state index in [1.165, 1.54) is 12.1 Å². The molecule has 0 aliphatic heterocycles. The van der Waals surface area contributed by atoms with Gasteiger partial charge in [-0.05, 0) is 49.2 Å². The number of nitrogens with one attached hydrogen (secondary N) is 1. The van der Waals surface area contributed by atoms with Crippen molar-refractivity contribution in [3.8, 4) is 0 Å². The highest BCUT2D eigenvalue weighted by Crippen LogP contribution is 2.24. The van der Waals surface area contributed by atoms with Gasteiger partial charge in [-0.1, -0.05) is 35.9 Å². The van der Waals surface area contributed by atoms with Crippen molar-refractivity contribution >= 4 is 17.6 Å². The minimum atomic E-state index is -0.936. The van der Waals surface area contributed by atoms with Gasteiger partial charge < -0.3 is 15.0 Å². The van der Waals surface area contributed by atoms with Crippen LogP contribution in [-0.2, 0) is 19.6 Å². The molecule has 0 spiro atoms. The highest BCUT2D eigenvalue weighted by molar-refractivity contribution is 6.30. The first kappa shape index (κ1) is 20.1. The molecule has 0 amide bonds. The Morgan fingerprint density at radius 2 is 1.61 bits per heavy atom. The summed E-state index contributed by atoms with van der Waals surface area (Å²) in [5.74, 6) is -1.21. The van der Waals surface area contributed by atoms with E-state index in [4.69, 9.17) is 11.6 Å². The molecule has 2 N–H and O–H groups in total. The summed E-state index contributed by atoms with van der Waals surface area (Å²) < 4.78 is 15.0. The van der Waals surface area contributed by atoms with Crippen LogP contribution in [0.4, 0.5) is 4.39 Å². The molecular weight excluding hydrogens is 379 g/mol. The second-order valence-corrected chi connectivity index (χ2v) is 7.21. The predicted octanol–water partition coefficient (Wildman–Crippen LogP) is 4.93. The molecule has 0 fully saturated rings. The van der Waals surface area contributed by atoms with Crippen molar-refractivity contribution in [1.82, 2.24) is 9.88 Å². The van der Waals surface area contributed by atoms with E-state index in [9.17, 15) is 14.3 Å². The number of carbonyl (C=O) groups is 1. The van der Waals surface area contributed by atoms with Crippen LogP contribution in [0.5, 0.6) is 0 Å². The summed E-state index contributed by atoms with van der Waals surface area (Å²) in [6.45, 7) is 5.28. The molecule has 28 heavy (non-hydrogen) atoms. The van der Waals surface area contributed by atoms with Crippen molar-refractivity contribution in [2.75, 3.05) is 0 Å². The third-order valence-electron chi connectivity index (χ3n) is 4.92. The maximum Gasteiger partial charge on any atom is 0.337 e. The van der Waals surface area contributed by atoms with Gasteiger partial charge in [-0.2, -0.15) is 0 Å². The zero-order valence-electron chi connectivity index (χ0n) is 15.8. The summed E-state index contributed by atoms with van der Waals surface area (Å²) in [4.78, 5) is 11.9. The molecule has 146 valence electrons. The molecule has 0 aliphatic rings. The van der Waals surface area contributed by atoms with E-state index >= 15 is 0 Å². The lowest BCUT2D eigenvalue weighted by molar-refractivity contribution is 0.0694. The molecule has 0 saturated carbocycles. The number of aromatic carboxylic acids is 1. The number of carboxylic acid groups (broad SMARTS) is 1. The number of aromatic nitrogens is 1. The van der Waals surface area contributed by atoms with Gasteiger partial charge in [0.05, 0.1) is 5.56 Å². The zero-order chi connectivity index (χ0) is 20.3. The van der Waals surface area contributed by atoms with E-state index in [1.807, 2.05) is 42.7 Å². The quantitative estimate of drug-likeness (QED) is 0.591. The Labute approximate surface area is 168 Å². The topological polar surface area (TPSA) is 54.3 Å². The van der Waals surface area contributed by atoms with Crippen LogP contribution in [0.15, 0.2) is 48.5 Å². The number of hydrogen-bond donors (Lipinski definition) is 2. The fourth-order valence-corrected chi connectivity index (χ4v) is 3.52. The molecule has 0 radical (unpaired) electrons. The van der Waals surface area contributed by atoms with Crippen LogP contribution in [-0.4, -0.2) is 15.6 Å². The molecule has 0 aliphatic carbocycles. The number of benzene rings is 2. The minimum absolute atomic E-state index is 0.275. The molecule has 0 bridgehead atoms. The summed E-state index contributed by atoms with van der Waals surface area (Å²) in [6.07, 6.45) is 0. The van der Waals surface area contributed by atoms with Gasteiger partial charge >= 0.3 is 5.97 Å². The van der Waals surface area contributed by atoms with Crippen molar-refractivity contribution in [3.63, 3.8) is 0 Å². The standard InChI is InChI=1S/C22H22ClFN2O2/c1-14-20(12-25-11-16-5-9-19(24)10-6-16)21(22(27)28)15(2)26(14)13-17-3-7-18(23)8-4-17/h3-10,25H,11-13H2,1-2H3,(H,27,28). The molecule has 0 saturated heterocycles. The van der Waals surface area contributed by atoms with Gasteiger partial charge in [-0.25, -0.2) is 9.18 Å². The van der Waals surface area contributed by atoms with Gasteiger partial charge in [0, 0.05) is 41.6 Å². The highest BCUT2D eigenvalue weighted by Gasteiger charge is 2.22. The van der Waals surface area contributed by atoms with E-state index in [1.54, 1.807) is 12.1 Å². The smallest absolute Gasteiger partial charge is 0.337 e. The highest BCUT2D eigenvalue weighted by atomic mass is 35.5. The van der Waals surface area contributed by atoms with Gasteiger partial charge in [0.1, 0.15) is 5.82 Å². The maximum atomic E-state index is 13.0. The maximum absolute atomic E-state index is 13.0. The number of nitrogens with zero attached hydrogens (tertiary/aromatic N) is 1. The largest absolute Gasteiger partial charge is 0.478 e. The van der Waals surface area contributed by atoms with Gasteiger partial charge in [0.15, 0.2) is 0 Å². The van der Waals surface area contributed by atoms with Crippen LogP contribution >= 0.6 is 11.6 Å². The number of carboxylic acids is 1. The van der Waals surface area contributed by atoms with Gasteiger partial charge in [-0.15, -0.1) is 0 Å². The third kappa shape index (κ3) is 4.43. The molecule has 4 nitrogen and oxygen atoms in total. The summed E-state index contributed by atoms with van der Waals surface area (Å²) >= 11 is 5.95. The van der Waals surface area contributed by atoms with Crippen LogP contribution in [0.1, 0.15) is 38.4 Å². The van der Waals surface area contributed by atoms with E-state index in [-0.39, 0.29) is 5.82 Å². The van der Waals surface area contributed by atoms with Crippen LogP contribution in [0.2, 0.25) is 5.02 Å². The Hall–Kier alpha value is -2.63. The van der Waals surface area contributed by atoms with Crippen LogP contribution in [0.3, 0.4) is 0 Å². The Morgan fingerprint density at radius 3 is 2.21 bits per heavy atom. The molecule has 1 aromatic heterocycles. The lowest BCUT2D eigenvalue weighted by Gasteiger charge is -2.10. The molecule has 6 heteroatoms. The fourth-order valence-electron chi connectivity index (χ4n) is 3.39. The second-order valence-electron chi connectivity index (χ2n) is 6.77. The predicted molar refractivity (Wildman–Crippen MR) is 108 cm³/mol. The van der Waals surface area contributed by atoms with Crippen molar-refractivity contribution in [2.24, 2.45) is 0 Å². The Morgan fingerprint density at radius 1 is 1.00 bits per heavy atom. The molecule has 1 heterocycles. The van der Waals surface area contributed by atoms with Crippen molar-refractivity contribution in [3.05, 3.63) is 93.0 Å². The average Bonchev–Trinajstić information content (AvgIpc) is 2.89. The van der Waals surface area contributed by atoms with E-state index in [2.05, 4.69) is 5.32 Å². The number of halogens is 2. The van der Waals surface area contributed by atoms with E-state index < -0.39 is 5.97 Å². The molecule has 0 unspecified atom stereocenters. The van der Waals surface area contributed by atoms with Crippen LogP contribution in [0, 0.1) is 19.7 Å². The minimum Gasteiger partial charge on any atom is -0.478 e. The first-order valence-electron chi connectivity index (χ1n) is 8.98. The first-order valence-corrected chi connectivity index (χ1v) is 9.36. The molecule has 0 atom stereocenters. The van der Waals surface area contributed by atoms with Crippen molar-refractivity contribution < 1.29 is 14.3 Å². The van der Waals surface area contributed by atoms with Gasteiger partial charge in [0.25, 0.3) is 0 Å². The number of hydrogen-bond acceptors (Lipinski definition) is 2.